The number of ketones is 1. The van der Waals surface area contributed by atoms with Gasteiger partial charge in [-0.05, 0) is 50.4 Å². The number of piperidine rings is 1. The minimum Gasteiger partial charge on any atom is -0.356 e. The number of nitrogens with zero attached hydrogens (tertiary/aromatic N) is 3. The zero-order valence-corrected chi connectivity index (χ0v) is 28.0. The van der Waals surface area contributed by atoms with Gasteiger partial charge in [0.1, 0.15) is 21.7 Å². The van der Waals surface area contributed by atoms with Gasteiger partial charge in [0, 0.05) is 38.3 Å². The second-order valence-electron chi connectivity index (χ2n) is 12.8. The number of amides is 2. The molecule has 2 bridgehead atoms. The number of carbonyl (C=O) groups excluding carboxylic acids is 3. The lowest BCUT2D eigenvalue weighted by Gasteiger charge is -2.41. The molecule has 2 saturated carbocycles. The first kappa shape index (κ1) is 36.6. The number of hydrogen-bond acceptors (Lipinski definition) is 11. The number of carbonyl (C=O) groups is 3. The molecule has 3 aliphatic rings. The predicted octanol–water partition coefficient (Wildman–Crippen LogP) is -0.778. The molecule has 0 radical (unpaired) electrons. The van der Waals surface area contributed by atoms with E-state index in [2.05, 4.69) is 10.0 Å². The predicted molar refractivity (Wildman–Crippen MR) is 162 cm³/mol. The molecule has 45 heavy (non-hydrogen) atoms. The van der Waals surface area contributed by atoms with Gasteiger partial charge in [-0.15, -0.1) is 0 Å². The molecule has 0 spiro atoms. The van der Waals surface area contributed by atoms with Gasteiger partial charge < -0.3 is 19.9 Å². The summed E-state index contributed by atoms with van der Waals surface area (Å²) in [5.74, 6) is -3.07. The molecular weight excluding hydrogens is 634 g/mol. The topological polar surface area (TPSA) is 238 Å². The van der Waals surface area contributed by atoms with E-state index in [0.29, 0.717) is 25.7 Å². The third-order valence-corrected chi connectivity index (χ3v) is 12.0. The first-order chi connectivity index (χ1) is 20.7. The number of likely N-dealkylation sites (tertiary alicyclic amines) is 1. The fraction of sp³-hybridized carbons (Fsp3) is 0.846. The maximum absolute atomic E-state index is 13.5. The van der Waals surface area contributed by atoms with Crippen LogP contribution < -0.4 is 15.5 Å². The largest absolute Gasteiger partial charge is 0.356 e. The Bertz CT molecular complexity index is 1400. The summed E-state index contributed by atoms with van der Waals surface area (Å²) in [7, 11) is -6.57. The number of rotatable bonds is 14. The van der Waals surface area contributed by atoms with E-state index in [1.165, 1.54) is 11.9 Å². The van der Waals surface area contributed by atoms with Crippen LogP contribution in [0.1, 0.15) is 59.3 Å². The highest BCUT2D eigenvalue weighted by Gasteiger charge is 2.65. The smallest absolute Gasteiger partial charge is 0.256 e. The number of likely N-dealkylation sites (N-methyl/N-ethyl adjacent to an activating group) is 1. The molecular formula is C26H45N7O10S2. The molecule has 4 N–H and O–H groups in total. The fourth-order valence-corrected chi connectivity index (χ4v) is 9.67. The minimum atomic E-state index is -4.26. The lowest BCUT2D eigenvalue weighted by atomic mass is 9.70. The molecule has 5 atom stereocenters. The van der Waals surface area contributed by atoms with Crippen molar-refractivity contribution >= 4 is 43.4 Å². The first-order valence-electron chi connectivity index (χ1n) is 14.9. The normalized spacial score (nSPS) is 26.7. The molecule has 1 saturated heterocycles. The summed E-state index contributed by atoms with van der Waals surface area (Å²) < 4.78 is 58.8. The molecule has 2 amide bonds. The molecule has 3 rings (SSSR count). The third-order valence-electron chi connectivity index (χ3n) is 9.46. The quantitative estimate of drug-likeness (QED) is 0.0766. The van der Waals surface area contributed by atoms with Gasteiger partial charge in [0.25, 0.3) is 5.96 Å². The lowest BCUT2D eigenvalue weighted by Crippen LogP contribution is -2.61. The maximum atomic E-state index is 13.5. The molecule has 3 fully saturated rings. The van der Waals surface area contributed by atoms with Crippen molar-refractivity contribution in [2.24, 2.45) is 16.7 Å². The summed E-state index contributed by atoms with van der Waals surface area (Å²) in [4.78, 5) is 52.6. The first-order valence-corrected chi connectivity index (χ1v) is 18.6. The Hall–Kier alpha value is -2.90. The number of nitrogens with one attached hydrogen (secondary N) is 4. The summed E-state index contributed by atoms with van der Waals surface area (Å²) in [5.41, 5.74) is 0.131. The number of sulfone groups is 1. The van der Waals surface area contributed by atoms with E-state index in [0.717, 1.165) is 17.6 Å². The highest BCUT2D eigenvalue weighted by molar-refractivity contribution is 7.90. The number of hydrazine groups is 1. The van der Waals surface area contributed by atoms with Gasteiger partial charge in [-0.2, -0.15) is 0 Å². The Morgan fingerprint density at radius 1 is 1.24 bits per heavy atom. The Balaban J connectivity index is 1.72. The number of hydrogen-bond donors (Lipinski definition) is 4. The second-order valence-corrected chi connectivity index (χ2v) is 16.8. The van der Waals surface area contributed by atoms with E-state index in [1.54, 1.807) is 12.3 Å². The number of guanidine groups is 1. The summed E-state index contributed by atoms with van der Waals surface area (Å²) in [6, 6.07) is -2.20. The average molecular weight is 680 g/mol. The van der Waals surface area contributed by atoms with Crippen LogP contribution >= 0.6 is 0 Å². The van der Waals surface area contributed by atoms with Crippen LogP contribution in [0, 0.1) is 32.3 Å². The van der Waals surface area contributed by atoms with E-state index in [1.807, 2.05) is 13.8 Å². The van der Waals surface area contributed by atoms with E-state index in [-0.39, 0.29) is 31.3 Å². The monoisotopic (exact) mass is 679 g/mol. The highest BCUT2D eigenvalue weighted by atomic mass is 32.2. The van der Waals surface area contributed by atoms with Gasteiger partial charge in [0.05, 0.1) is 24.1 Å². The van der Waals surface area contributed by atoms with Crippen LogP contribution in [0.2, 0.25) is 0 Å². The summed E-state index contributed by atoms with van der Waals surface area (Å²) in [5, 5.41) is 20.7. The van der Waals surface area contributed by atoms with E-state index < -0.39 is 89.9 Å². The summed E-state index contributed by atoms with van der Waals surface area (Å²) in [6.07, 6.45) is 2.00. The number of Topliss-reactive ketones (excluding diaryl/α,β-unsaturated/α-hetero) is 1. The molecule has 17 nitrogen and oxygen atoms in total. The van der Waals surface area contributed by atoms with Crippen molar-refractivity contribution < 1.29 is 41.0 Å². The minimum absolute atomic E-state index is 0.0704. The second kappa shape index (κ2) is 13.8. The molecule has 256 valence electrons. The van der Waals surface area contributed by atoms with Crippen molar-refractivity contribution in [2.45, 2.75) is 77.6 Å². The molecule has 0 aromatic carbocycles. The molecule has 5 unspecified atom stereocenters. The van der Waals surface area contributed by atoms with Crippen LogP contribution in [-0.4, -0.2) is 118 Å². The molecule has 0 aromatic rings. The molecule has 1 heterocycles. The van der Waals surface area contributed by atoms with Crippen LogP contribution in [0.3, 0.4) is 0 Å². The maximum Gasteiger partial charge on any atom is 0.256 e. The van der Waals surface area contributed by atoms with Crippen LogP contribution in [0.25, 0.3) is 0 Å². The van der Waals surface area contributed by atoms with Crippen molar-refractivity contribution in [1.82, 2.24) is 25.3 Å². The Morgan fingerprint density at radius 3 is 2.44 bits per heavy atom. The van der Waals surface area contributed by atoms with Crippen molar-refractivity contribution in [2.75, 3.05) is 44.5 Å². The number of nitro groups is 1. The highest BCUT2D eigenvalue weighted by Crippen LogP contribution is 2.64. The van der Waals surface area contributed by atoms with Crippen LogP contribution in [0.15, 0.2) is 0 Å². The van der Waals surface area contributed by atoms with E-state index >= 15 is 0 Å². The van der Waals surface area contributed by atoms with E-state index in [9.17, 15) is 41.3 Å². The van der Waals surface area contributed by atoms with Gasteiger partial charge in [-0.25, -0.2) is 31.7 Å². The van der Waals surface area contributed by atoms with Crippen LogP contribution in [0.4, 0.5) is 0 Å². The number of fused-ring (bicyclic) bond motifs is 2. The van der Waals surface area contributed by atoms with Crippen molar-refractivity contribution in [3.8, 4) is 0 Å². The molecule has 1 aliphatic heterocycles. The zero-order chi connectivity index (χ0) is 34.0. The van der Waals surface area contributed by atoms with Crippen LogP contribution in [-0.2, 0) is 39.0 Å². The van der Waals surface area contributed by atoms with E-state index in [4.69, 9.17) is 10.1 Å². The third kappa shape index (κ3) is 8.48. The zero-order valence-electron chi connectivity index (χ0n) is 26.3. The fourth-order valence-electron chi connectivity index (χ4n) is 6.95. The molecule has 2 aliphatic carbocycles. The SMILES string of the molecule is CCOC1C(NC(=O)CN(C)C(=O)C(CCS(C)(=O)=O)NS(=O)(=O)CC23CCC(CC2=O)C3(C)C)CCCN1C(=N)N[N+](=O)[O-]. The van der Waals surface area contributed by atoms with Crippen molar-refractivity contribution in [1.29, 1.82) is 5.41 Å². The standard InChI is InChI=1S/C26H45N7O10S2/c1-6-43-23-19(8-7-12-32(23)24(27)29-33(37)38)28-21(35)15-31(4)22(36)18(10-13-44(5,39)40)30-45(41,42)16-26-11-9-17(14-20(26)34)25(26,2)3/h17-19,23,30H,6-16H2,1-5H3,(H2,27,29)(H,28,35). The van der Waals surface area contributed by atoms with Gasteiger partial charge >= 0.3 is 0 Å². The number of ether oxygens (including phenoxy) is 1. The van der Waals surface area contributed by atoms with Gasteiger partial charge in [-0.3, -0.25) is 19.8 Å². The van der Waals surface area contributed by atoms with Crippen molar-refractivity contribution in [3.05, 3.63) is 10.1 Å². The van der Waals surface area contributed by atoms with Crippen LogP contribution in [0.5, 0.6) is 0 Å². The average Bonchev–Trinajstić information content (AvgIpc) is 3.24. The Labute approximate surface area is 263 Å². The lowest BCUT2D eigenvalue weighted by molar-refractivity contribution is -0.527. The summed E-state index contributed by atoms with van der Waals surface area (Å²) >= 11 is 0. The number of sulfonamides is 1. The Kier molecular flexibility index (Phi) is 11.2. The van der Waals surface area contributed by atoms with Gasteiger partial charge in [-0.1, -0.05) is 19.3 Å². The van der Waals surface area contributed by atoms with Gasteiger partial charge in [0.15, 0.2) is 11.3 Å². The van der Waals surface area contributed by atoms with Crippen molar-refractivity contribution in [3.63, 3.8) is 0 Å². The molecule has 0 aromatic heterocycles. The molecule has 19 heteroatoms. The van der Waals surface area contributed by atoms with Gasteiger partial charge in [0.2, 0.25) is 21.8 Å². The Morgan fingerprint density at radius 2 is 1.91 bits per heavy atom. The summed E-state index contributed by atoms with van der Waals surface area (Å²) in [6.45, 7) is 5.38.